The second-order valence-corrected chi connectivity index (χ2v) is 7.22. The van der Waals surface area contributed by atoms with Crippen LogP contribution in [-0.4, -0.2) is 0 Å². The van der Waals surface area contributed by atoms with E-state index in [1.54, 1.807) is 44.6 Å². The van der Waals surface area contributed by atoms with E-state index in [9.17, 15) is 0 Å². The van der Waals surface area contributed by atoms with Crippen LogP contribution in [0.5, 0.6) is 0 Å². The van der Waals surface area contributed by atoms with Gasteiger partial charge in [-0.05, 0) is 75.7 Å². The fraction of sp³-hybridized carbons (Fsp3) is 0.579. The van der Waals surface area contributed by atoms with E-state index in [0.29, 0.717) is 0 Å². The van der Waals surface area contributed by atoms with Crippen molar-refractivity contribution >= 4 is 0 Å². The third-order valence-electron chi connectivity index (χ3n) is 5.80. The van der Waals surface area contributed by atoms with Crippen LogP contribution in [-0.2, 0) is 0 Å². The Morgan fingerprint density at radius 2 is 1.42 bits per heavy atom. The summed E-state index contributed by atoms with van der Waals surface area (Å²) in [6, 6.07) is 0. The summed E-state index contributed by atoms with van der Waals surface area (Å²) in [5.41, 5.74) is 13.4. The zero-order chi connectivity index (χ0) is 13.9. The van der Waals surface area contributed by atoms with Crippen LogP contribution in [0, 0.1) is 5.41 Å². The Bertz CT molecular complexity index is 586. The molecule has 3 aliphatic rings. The molecule has 0 heteroatoms. The SMILES string of the molecule is CC1=C(C)C2=C(C1)C(C)(C)C1=C(CC2)CC(C)=C1C. The molecule has 0 unspecified atom stereocenters. The zero-order valence-electron chi connectivity index (χ0n) is 13.3. The number of hydrogen-bond acceptors (Lipinski definition) is 0. The highest BCUT2D eigenvalue weighted by molar-refractivity contribution is 5.59. The van der Waals surface area contributed by atoms with Crippen LogP contribution < -0.4 is 0 Å². The molecule has 0 atom stereocenters. The quantitative estimate of drug-likeness (QED) is 0.506. The first-order valence-electron chi connectivity index (χ1n) is 7.62. The highest BCUT2D eigenvalue weighted by Gasteiger charge is 2.39. The summed E-state index contributed by atoms with van der Waals surface area (Å²) in [6.07, 6.45) is 4.97. The first kappa shape index (κ1) is 13.0. The Hall–Kier alpha value is -1.04. The highest BCUT2D eigenvalue weighted by Crippen LogP contribution is 2.55. The maximum absolute atomic E-state index is 2.46. The van der Waals surface area contributed by atoms with Gasteiger partial charge in [0.05, 0.1) is 0 Å². The van der Waals surface area contributed by atoms with Crippen LogP contribution >= 0.6 is 0 Å². The van der Waals surface area contributed by atoms with Crippen LogP contribution in [0.25, 0.3) is 0 Å². The zero-order valence-corrected chi connectivity index (χ0v) is 13.3. The average Bonchev–Trinajstić information content (AvgIpc) is 2.74. The van der Waals surface area contributed by atoms with E-state index in [4.69, 9.17) is 0 Å². The second-order valence-electron chi connectivity index (χ2n) is 7.22. The van der Waals surface area contributed by atoms with E-state index in [1.807, 2.05) is 0 Å². The largest absolute Gasteiger partial charge is 0.0660 e. The Morgan fingerprint density at radius 3 is 2.11 bits per heavy atom. The van der Waals surface area contributed by atoms with Crippen LogP contribution in [0.15, 0.2) is 44.6 Å². The topological polar surface area (TPSA) is 0 Å². The van der Waals surface area contributed by atoms with Gasteiger partial charge in [0.2, 0.25) is 0 Å². The minimum atomic E-state index is 0.238. The van der Waals surface area contributed by atoms with Gasteiger partial charge in [0, 0.05) is 5.41 Å². The van der Waals surface area contributed by atoms with Crippen molar-refractivity contribution < 1.29 is 0 Å². The van der Waals surface area contributed by atoms with Crippen LogP contribution in [0.4, 0.5) is 0 Å². The third-order valence-corrected chi connectivity index (χ3v) is 5.80. The van der Waals surface area contributed by atoms with Gasteiger partial charge in [0.1, 0.15) is 0 Å². The Morgan fingerprint density at radius 1 is 0.789 bits per heavy atom. The van der Waals surface area contributed by atoms with Gasteiger partial charge in [-0.3, -0.25) is 0 Å². The van der Waals surface area contributed by atoms with Crippen molar-refractivity contribution in [3.05, 3.63) is 44.6 Å². The molecule has 0 spiro atoms. The smallest absolute Gasteiger partial charge is 0.0116 e. The van der Waals surface area contributed by atoms with Gasteiger partial charge >= 0.3 is 0 Å². The average molecular weight is 254 g/mol. The summed E-state index contributed by atoms with van der Waals surface area (Å²) < 4.78 is 0. The molecule has 3 aliphatic carbocycles. The summed E-state index contributed by atoms with van der Waals surface area (Å²) in [5, 5.41) is 0. The minimum Gasteiger partial charge on any atom is -0.0660 e. The fourth-order valence-electron chi connectivity index (χ4n) is 4.50. The van der Waals surface area contributed by atoms with Crippen LogP contribution in [0.1, 0.15) is 67.2 Å². The van der Waals surface area contributed by atoms with Gasteiger partial charge in [0.15, 0.2) is 0 Å². The predicted molar refractivity (Wildman–Crippen MR) is 83.0 cm³/mol. The van der Waals surface area contributed by atoms with Crippen LogP contribution in [0.3, 0.4) is 0 Å². The molecule has 0 amide bonds. The highest BCUT2D eigenvalue weighted by atomic mass is 14.4. The Kier molecular flexibility index (Phi) is 2.71. The van der Waals surface area contributed by atoms with E-state index in [0.717, 1.165) is 0 Å². The van der Waals surface area contributed by atoms with Crippen molar-refractivity contribution in [3.8, 4) is 0 Å². The molecule has 3 rings (SSSR count). The molecule has 0 radical (unpaired) electrons. The maximum atomic E-state index is 2.46. The molecule has 0 heterocycles. The lowest BCUT2D eigenvalue weighted by Gasteiger charge is -2.31. The minimum absolute atomic E-state index is 0.238. The standard InChI is InChI=1S/C19H26/c1-11-9-15-7-8-16-13(3)12(2)10-17(16)19(5,6)18(15)14(11)4/h7-10H2,1-6H3. The molecular formula is C19H26. The summed E-state index contributed by atoms with van der Waals surface area (Å²) in [7, 11) is 0. The molecular weight excluding hydrogens is 228 g/mol. The van der Waals surface area contributed by atoms with E-state index >= 15 is 0 Å². The Balaban J connectivity index is 2.14. The lowest BCUT2D eigenvalue weighted by molar-refractivity contribution is 0.530. The van der Waals surface area contributed by atoms with Crippen molar-refractivity contribution in [1.29, 1.82) is 0 Å². The second kappa shape index (κ2) is 3.98. The van der Waals surface area contributed by atoms with Crippen molar-refractivity contribution in [1.82, 2.24) is 0 Å². The summed E-state index contributed by atoms with van der Waals surface area (Å²) in [5.74, 6) is 0. The summed E-state index contributed by atoms with van der Waals surface area (Å²) in [6.45, 7) is 14.2. The summed E-state index contributed by atoms with van der Waals surface area (Å²) in [4.78, 5) is 0. The first-order valence-corrected chi connectivity index (χ1v) is 7.62. The molecule has 0 fully saturated rings. The predicted octanol–water partition coefficient (Wildman–Crippen LogP) is 5.88. The van der Waals surface area contributed by atoms with Gasteiger partial charge in [0.25, 0.3) is 0 Å². The number of allylic oxidation sites excluding steroid dienone is 8. The lowest BCUT2D eigenvalue weighted by Crippen LogP contribution is -2.19. The fourth-order valence-corrected chi connectivity index (χ4v) is 4.50. The maximum Gasteiger partial charge on any atom is 0.0116 e. The van der Waals surface area contributed by atoms with Gasteiger partial charge in [-0.1, -0.05) is 36.1 Å². The molecule has 0 bridgehead atoms. The monoisotopic (exact) mass is 254 g/mol. The molecule has 0 aromatic rings. The van der Waals surface area contributed by atoms with Crippen molar-refractivity contribution in [3.63, 3.8) is 0 Å². The lowest BCUT2D eigenvalue weighted by atomic mass is 9.73. The third kappa shape index (κ3) is 1.65. The van der Waals surface area contributed by atoms with Crippen molar-refractivity contribution in [2.24, 2.45) is 5.41 Å². The molecule has 0 nitrogen and oxygen atoms in total. The van der Waals surface area contributed by atoms with Gasteiger partial charge in [-0.15, -0.1) is 0 Å². The van der Waals surface area contributed by atoms with Crippen LogP contribution in [0.2, 0.25) is 0 Å². The molecule has 102 valence electrons. The van der Waals surface area contributed by atoms with E-state index in [1.165, 1.54) is 25.7 Å². The van der Waals surface area contributed by atoms with Crippen molar-refractivity contribution in [2.75, 3.05) is 0 Å². The Labute approximate surface area is 118 Å². The normalized spacial score (nSPS) is 26.2. The molecule has 0 aromatic carbocycles. The van der Waals surface area contributed by atoms with Gasteiger partial charge in [-0.2, -0.15) is 0 Å². The van der Waals surface area contributed by atoms with Gasteiger partial charge < -0.3 is 0 Å². The summed E-state index contributed by atoms with van der Waals surface area (Å²) >= 11 is 0. The van der Waals surface area contributed by atoms with E-state index < -0.39 is 0 Å². The number of hydrogen-bond donors (Lipinski definition) is 0. The molecule has 0 saturated heterocycles. The molecule has 0 aromatic heterocycles. The van der Waals surface area contributed by atoms with Crippen molar-refractivity contribution in [2.45, 2.75) is 67.2 Å². The first-order chi connectivity index (χ1) is 8.84. The molecule has 19 heavy (non-hydrogen) atoms. The molecule has 0 N–H and O–H groups in total. The van der Waals surface area contributed by atoms with Gasteiger partial charge in [-0.25, -0.2) is 0 Å². The number of rotatable bonds is 0. The van der Waals surface area contributed by atoms with E-state index in [2.05, 4.69) is 41.5 Å². The molecule has 0 aliphatic heterocycles. The molecule has 0 saturated carbocycles. The van der Waals surface area contributed by atoms with E-state index in [-0.39, 0.29) is 5.41 Å².